The van der Waals surface area contributed by atoms with Crippen LogP contribution in [-0.4, -0.2) is 29.2 Å². The topological polar surface area (TPSA) is 71.1 Å². The van der Waals surface area contributed by atoms with Gasteiger partial charge < -0.3 is 10.6 Å². The molecule has 1 aromatic rings. The van der Waals surface area contributed by atoms with Gasteiger partial charge in [0.2, 0.25) is 11.8 Å². The molecule has 0 aromatic carbocycles. The highest BCUT2D eigenvalue weighted by atomic mass is 35.5. The van der Waals surface area contributed by atoms with Crippen LogP contribution in [0.25, 0.3) is 0 Å². The summed E-state index contributed by atoms with van der Waals surface area (Å²) < 4.78 is 0. The second-order valence-electron chi connectivity index (χ2n) is 2.67. The first-order valence-electron chi connectivity index (χ1n) is 4.26. The Balaban J connectivity index is 2.34. The Morgan fingerprint density at radius 3 is 2.73 bits per heavy atom. The number of carbonyl (C=O) groups is 2. The van der Waals surface area contributed by atoms with Crippen molar-refractivity contribution >= 4 is 29.2 Å². The van der Waals surface area contributed by atoms with E-state index in [0.717, 1.165) is 0 Å². The number of pyridine rings is 1. The van der Waals surface area contributed by atoms with Crippen molar-refractivity contribution in [3.8, 4) is 0 Å². The molecule has 0 aliphatic carbocycles. The summed E-state index contributed by atoms with van der Waals surface area (Å²) >= 11 is 5.24. The predicted octanol–water partition coefficient (Wildman–Crippen LogP) is 0.375. The lowest BCUT2D eigenvalue weighted by Crippen LogP contribution is -2.33. The number of halogens is 1. The highest BCUT2D eigenvalue weighted by molar-refractivity contribution is 6.27. The average Bonchev–Trinajstić information content (AvgIpc) is 2.27. The van der Waals surface area contributed by atoms with Crippen LogP contribution in [0.1, 0.15) is 0 Å². The Hall–Kier alpha value is -1.62. The van der Waals surface area contributed by atoms with Crippen molar-refractivity contribution in [2.24, 2.45) is 0 Å². The van der Waals surface area contributed by atoms with Crippen LogP contribution in [0, 0.1) is 0 Å². The molecular formula is C9H10ClN3O2. The Labute approximate surface area is 91.8 Å². The summed E-state index contributed by atoms with van der Waals surface area (Å²) in [5.74, 6) is -0.431. The fourth-order valence-corrected chi connectivity index (χ4v) is 0.944. The fourth-order valence-electron chi connectivity index (χ4n) is 0.850. The van der Waals surface area contributed by atoms with Gasteiger partial charge in [0.05, 0.1) is 6.54 Å². The summed E-state index contributed by atoms with van der Waals surface area (Å²) in [6, 6.07) is 5.14. The van der Waals surface area contributed by atoms with E-state index < -0.39 is 0 Å². The Kier molecular flexibility index (Phi) is 4.56. The number of alkyl halides is 1. The van der Waals surface area contributed by atoms with Crippen molar-refractivity contribution in [2.45, 2.75) is 0 Å². The zero-order chi connectivity index (χ0) is 11.1. The van der Waals surface area contributed by atoms with E-state index in [1.54, 1.807) is 24.4 Å². The molecule has 6 heteroatoms. The molecular weight excluding hydrogens is 218 g/mol. The van der Waals surface area contributed by atoms with Crippen LogP contribution in [-0.2, 0) is 9.59 Å². The number of carbonyl (C=O) groups excluding carboxylic acids is 2. The second-order valence-corrected chi connectivity index (χ2v) is 2.94. The first-order valence-corrected chi connectivity index (χ1v) is 4.79. The molecule has 2 amide bonds. The molecule has 0 fully saturated rings. The maximum Gasteiger partial charge on any atom is 0.244 e. The summed E-state index contributed by atoms with van der Waals surface area (Å²) in [4.78, 5) is 25.8. The number of rotatable bonds is 4. The molecule has 80 valence electrons. The molecule has 0 atom stereocenters. The maximum atomic E-state index is 11.2. The van der Waals surface area contributed by atoms with Crippen molar-refractivity contribution in [2.75, 3.05) is 17.7 Å². The van der Waals surface area contributed by atoms with E-state index in [2.05, 4.69) is 15.6 Å². The lowest BCUT2D eigenvalue weighted by atomic mass is 10.4. The van der Waals surface area contributed by atoms with Crippen LogP contribution < -0.4 is 10.6 Å². The number of anilines is 1. The van der Waals surface area contributed by atoms with Gasteiger partial charge in [0.15, 0.2) is 0 Å². The third-order valence-electron chi connectivity index (χ3n) is 1.50. The molecule has 2 N–H and O–H groups in total. The van der Waals surface area contributed by atoms with Gasteiger partial charge in [-0.3, -0.25) is 9.59 Å². The maximum absolute atomic E-state index is 11.2. The van der Waals surface area contributed by atoms with Gasteiger partial charge in [0, 0.05) is 6.20 Å². The fraction of sp³-hybridized carbons (Fsp3) is 0.222. The first kappa shape index (κ1) is 11.5. The van der Waals surface area contributed by atoms with Gasteiger partial charge in [0.25, 0.3) is 0 Å². The minimum atomic E-state index is -0.382. The van der Waals surface area contributed by atoms with Crippen LogP contribution in [0.2, 0.25) is 0 Å². The number of nitrogens with zero attached hydrogens (tertiary/aromatic N) is 1. The lowest BCUT2D eigenvalue weighted by molar-refractivity contribution is -0.122. The van der Waals surface area contributed by atoms with Crippen molar-refractivity contribution in [1.82, 2.24) is 10.3 Å². The first-order chi connectivity index (χ1) is 7.22. The molecule has 0 spiro atoms. The van der Waals surface area contributed by atoms with E-state index in [1.165, 1.54) is 0 Å². The van der Waals surface area contributed by atoms with E-state index in [4.69, 9.17) is 11.6 Å². The van der Waals surface area contributed by atoms with Gasteiger partial charge in [-0.05, 0) is 12.1 Å². The molecule has 0 saturated heterocycles. The summed E-state index contributed by atoms with van der Waals surface area (Å²) in [5, 5.41) is 4.86. The molecule has 0 radical (unpaired) electrons. The molecule has 1 rings (SSSR count). The molecule has 1 aromatic heterocycles. The van der Waals surface area contributed by atoms with Gasteiger partial charge >= 0.3 is 0 Å². The molecule has 0 bridgehead atoms. The van der Waals surface area contributed by atoms with Gasteiger partial charge in [-0.1, -0.05) is 6.07 Å². The molecule has 1 heterocycles. The molecule has 0 aliphatic heterocycles. The molecule has 5 nitrogen and oxygen atoms in total. The predicted molar refractivity (Wildman–Crippen MR) is 56.6 cm³/mol. The molecule has 15 heavy (non-hydrogen) atoms. The Morgan fingerprint density at radius 2 is 2.13 bits per heavy atom. The average molecular weight is 228 g/mol. The number of hydrogen-bond acceptors (Lipinski definition) is 3. The number of amides is 2. The highest BCUT2D eigenvalue weighted by Gasteiger charge is 2.04. The second kappa shape index (κ2) is 5.98. The Morgan fingerprint density at radius 1 is 1.33 bits per heavy atom. The van der Waals surface area contributed by atoms with Crippen LogP contribution in [0.3, 0.4) is 0 Å². The zero-order valence-electron chi connectivity index (χ0n) is 7.87. The van der Waals surface area contributed by atoms with E-state index >= 15 is 0 Å². The molecule has 0 saturated carbocycles. The Bertz CT molecular complexity index is 342. The molecule has 0 aliphatic rings. The van der Waals surface area contributed by atoms with E-state index in [1.807, 2.05) is 0 Å². The van der Waals surface area contributed by atoms with Crippen molar-refractivity contribution in [3.63, 3.8) is 0 Å². The van der Waals surface area contributed by atoms with Gasteiger partial charge in [-0.15, -0.1) is 11.6 Å². The van der Waals surface area contributed by atoms with Crippen LogP contribution >= 0.6 is 11.6 Å². The van der Waals surface area contributed by atoms with Gasteiger partial charge in [0.1, 0.15) is 11.7 Å². The quantitative estimate of drug-likeness (QED) is 0.731. The summed E-state index contributed by atoms with van der Waals surface area (Å²) in [5.41, 5.74) is 0. The summed E-state index contributed by atoms with van der Waals surface area (Å²) in [6.07, 6.45) is 1.56. The summed E-state index contributed by atoms with van der Waals surface area (Å²) in [6.45, 7) is -0.109. The highest BCUT2D eigenvalue weighted by Crippen LogP contribution is 1.98. The van der Waals surface area contributed by atoms with Crippen LogP contribution in [0.4, 0.5) is 5.82 Å². The van der Waals surface area contributed by atoms with Gasteiger partial charge in [-0.25, -0.2) is 4.98 Å². The monoisotopic (exact) mass is 227 g/mol. The van der Waals surface area contributed by atoms with Crippen LogP contribution in [0.5, 0.6) is 0 Å². The minimum absolute atomic E-state index is 0.109. The van der Waals surface area contributed by atoms with Crippen molar-refractivity contribution in [3.05, 3.63) is 24.4 Å². The smallest absolute Gasteiger partial charge is 0.244 e. The largest absolute Gasteiger partial charge is 0.346 e. The minimum Gasteiger partial charge on any atom is -0.346 e. The van der Waals surface area contributed by atoms with Crippen molar-refractivity contribution in [1.29, 1.82) is 0 Å². The lowest BCUT2D eigenvalue weighted by Gasteiger charge is -2.04. The molecule has 0 unspecified atom stereocenters. The van der Waals surface area contributed by atoms with E-state index in [0.29, 0.717) is 5.82 Å². The standard InChI is InChI=1S/C9H10ClN3O2/c10-5-8(14)12-6-9(15)13-7-3-1-2-4-11-7/h1-4H,5-6H2,(H,12,14)(H,11,13,15). The van der Waals surface area contributed by atoms with Gasteiger partial charge in [-0.2, -0.15) is 0 Å². The SMILES string of the molecule is O=C(CCl)NCC(=O)Nc1ccccn1. The normalized spacial score (nSPS) is 9.40. The van der Waals surface area contributed by atoms with E-state index in [9.17, 15) is 9.59 Å². The third-order valence-corrected chi connectivity index (χ3v) is 1.74. The van der Waals surface area contributed by atoms with Crippen LogP contribution in [0.15, 0.2) is 24.4 Å². The summed E-state index contributed by atoms with van der Waals surface area (Å²) in [7, 11) is 0. The zero-order valence-corrected chi connectivity index (χ0v) is 8.62. The number of nitrogens with one attached hydrogen (secondary N) is 2. The number of aromatic nitrogens is 1. The van der Waals surface area contributed by atoms with E-state index in [-0.39, 0.29) is 24.2 Å². The number of hydrogen-bond donors (Lipinski definition) is 2. The third kappa shape index (κ3) is 4.42. The van der Waals surface area contributed by atoms with Crippen molar-refractivity contribution < 1.29 is 9.59 Å².